The SMILES string of the molecule is C[C@H](O)CCN.Cl. The summed E-state index contributed by atoms with van der Waals surface area (Å²) in [6.45, 7) is 2.31. The van der Waals surface area contributed by atoms with Crippen LogP contribution in [0.3, 0.4) is 0 Å². The van der Waals surface area contributed by atoms with Gasteiger partial charge in [0, 0.05) is 0 Å². The van der Waals surface area contributed by atoms with E-state index in [4.69, 9.17) is 10.8 Å². The summed E-state index contributed by atoms with van der Waals surface area (Å²) >= 11 is 0. The highest BCUT2D eigenvalue weighted by atomic mass is 35.5. The molecule has 1 atom stereocenters. The lowest BCUT2D eigenvalue weighted by Gasteiger charge is -1.95. The van der Waals surface area contributed by atoms with Crippen molar-refractivity contribution in [1.82, 2.24) is 0 Å². The number of nitrogens with two attached hydrogens (primary N) is 1. The zero-order valence-corrected chi connectivity index (χ0v) is 5.24. The highest BCUT2D eigenvalue weighted by Gasteiger charge is 1.87. The molecule has 0 unspecified atom stereocenters. The lowest BCUT2D eigenvalue weighted by molar-refractivity contribution is 0.187. The molecule has 0 amide bonds. The predicted molar refractivity (Wildman–Crippen MR) is 32.6 cm³/mol. The van der Waals surface area contributed by atoms with Crippen molar-refractivity contribution in [3.8, 4) is 0 Å². The summed E-state index contributed by atoms with van der Waals surface area (Å²) in [7, 11) is 0. The molecular weight excluding hydrogens is 114 g/mol. The normalized spacial score (nSPS) is 12.4. The average molecular weight is 126 g/mol. The van der Waals surface area contributed by atoms with Gasteiger partial charge in [0.05, 0.1) is 6.10 Å². The van der Waals surface area contributed by atoms with Crippen LogP contribution in [0.4, 0.5) is 0 Å². The maximum absolute atomic E-state index is 8.47. The fraction of sp³-hybridized carbons (Fsp3) is 1.00. The van der Waals surface area contributed by atoms with Crippen LogP contribution in [-0.4, -0.2) is 17.8 Å². The first-order valence-corrected chi connectivity index (χ1v) is 2.15. The Morgan fingerprint density at radius 2 is 2.14 bits per heavy atom. The lowest BCUT2D eigenvalue weighted by Crippen LogP contribution is -2.08. The lowest BCUT2D eigenvalue weighted by atomic mass is 10.3. The number of rotatable bonds is 2. The van der Waals surface area contributed by atoms with Crippen LogP contribution >= 0.6 is 12.4 Å². The van der Waals surface area contributed by atoms with Gasteiger partial charge in [-0.3, -0.25) is 0 Å². The molecule has 0 aliphatic heterocycles. The molecule has 0 aliphatic carbocycles. The molecule has 0 spiro atoms. The molecular formula is C4H12ClNO. The van der Waals surface area contributed by atoms with Crippen LogP contribution in [0.1, 0.15) is 13.3 Å². The Balaban J connectivity index is 0. The third kappa shape index (κ3) is 10.7. The van der Waals surface area contributed by atoms with Crippen LogP contribution in [-0.2, 0) is 0 Å². The second-order valence-electron chi connectivity index (χ2n) is 1.43. The molecule has 0 fully saturated rings. The van der Waals surface area contributed by atoms with Gasteiger partial charge >= 0.3 is 0 Å². The quantitative estimate of drug-likeness (QED) is 0.552. The average Bonchev–Trinajstić information content (AvgIpc) is 1.35. The van der Waals surface area contributed by atoms with Crippen molar-refractivity contribution >= 4 is 12.4 Å². The number of aliphatic hydroxyl groups is 1. The first kappa shape index (κ1) is 10.2. The Kier molecular flexibility index (Phi) is 9.09. The smallest absolute Gasteiger partial charge is 0.0524 e. The molecule has 3 N–H and O–H groups in total. The molecule has 7 heavy (non-hydrogen) atoms. The molecule has 0 heterocycles. The van der Waals surface area contributed by atoms with E-state index in [2.05, 4.69) is 0 Å². The number of halogens is 1. The fourth-order valence-corrected chi connectivity index (χ4v) is 0.241. The Bertz CT molecular complexity index is 32.9. The topological polar surface area (TPSA) is 46.2 Å². The number of hydrogen-bond acceptors (Lipinski definition) is 2. The maximum atomic E-state index is 8.47. The predicted octanol–water partition coefficient (Wildman–Crippen LogP) is 0.138. The van der Waals surface area contributed by atoms with Crippen LogP contribution in [0, 0.1) is 0 Å². The van der Waals surface area contributed by atoms with Gasteiger partial charge in [-0.1, -0.05) is 0 Å². The Morgan fingerprint density at radius 1 is 1.71 bits per heavy atom. The monoisotopic (exact) mass is 125 g/mol. The standard InChI is InChI=1S/C4H11NO.ClH/c1-4(6)2-3-5;/h4,6H,2-3,5H2,1H3;1H/t4-;/m0./s1. The van der Waals surface area contributed by atoms with E-state index in [1.807, 2.05) is 0 Å². The summed E-state index contributed by atoms with van der Waals surface area (Å²) < 4.78 is 0. The zero-order valence-electron chi connectivity index (χ0n) is 4.42. The minimum absolute atomic E-state index is 0. The second-order valence-corrected chi connectivity index (χ2v) is 1.43. The third-order valence-electron chi connectivity index (χ3n) is 0.584. The molecule has 3 heteroatoms. The van der Waals surface area contributed by atoms with Crippen LogP contribution in [0.25, 0.3) is 0 Å². The number of aliphatic hydroxyl groups excluding tert-OH is 1. The molecule has 0 aromatic carbocycles. The Morgan fingerprint density at radius 3 is 2.14 bits per heavy atom. The summed E-state index contributed by atoms with van der Waals surface area (Å²) in [6, 6.07) is 0. The van der Waals surface area contributed by atoms with Gasteiger partial charge in [-0.25, -0.2) is 0 Å². The van der Waals surface area contributed by atoms with Crippen LogP contribution in [0.5, 0.6) is 0 Å². The third-order valence-corrected chi connectivity index (χ3v) is 0.584. The molecule has 46 valence electrons. The Hall–Kier alpha value is 0.210. The van der Waals surface area contributed by atoms with Crippen molar-refractivity contribution in [2.75, 3.05) is 6.54 Å². The molecule has 2 nitrogen and oxygen atoms in total. The molecule has 0 aromatic rings. The van der Waals surface area contributed by atoms with E-state index < -0.39 is 0 Å². The summed E-state index contributed by atoms with van der Waals surface area (Å²) in [5, 5.41) is 8.47. The molecule has 0 aliphatic rings. The minimum atomic E-state index is -0.227. The maximum Gasteiger partial charge on any atom is 0.0524 e. The first-order valence-electron chi connectivity index (χ1n) is 2.15. The van der Waals surface area contributed by atoms with Gasteiger partial charge in [0.15, 0.2) is 0 Å². The van der Waals surface area contributed by atoms with Crippen LogP contribution in [0.15, 0.2) is 0 Å². The summed E-state index contributed by atoms with van der Waals surface area (Å²) in [5.74, 6) is 0. The van der Waals surface area contributed by atoms with Crippen LogP contribution in [0.2, 0.25) is 0 Å². The zero-order chi connectivity index (χ0) is 4.99. The molecule has 0 rings (SSSR count). The largest absolute Gasteiger partial charge is 0.393 e. The van der Waals surface area contributed by atoms with Gasteiger partial charge in [0.1, 0.15) is 0 Å². The van der Waals surface area contributed by atoms with Crippen molar-refractivity contribution in [3.63, 3.8) is 0 Å². The van der Waals surface area contributed by atoms with Gasteiger partial charge in [0.2, 0.25) is 0 Å². The van der Waals surface area contributed by atoms with E-state index in [0.717, 1.165) is 0 Å². The van der Waals surface area contributed by atoms with Crippen molar-refractivity contribution in [2.24, 2.45) is 5.73 Å². The summed E-state index contributed by atoms with van der Waals surface area (Å²) in [6.07, 6.45) is 0.481. The van der Waals surface area contributed by atoms with Gasteiger partial charge in [-0.2, -0.15) is 0 Å². The Labute approximate surface area is 50.1 Å². The van der Waals surface area contributed by atoms with Crippen molar-refractivity contribution < 1.29 is 5.11 Å². The van der Waals surface area contributed by atoms with E-state index in [1.165, 1.54) is 0 Å². The van der Waals surface area contributed by atoms with E-state index in [9.17, 15) is 0 Å². The fourth-order valence-electron chi connectivity index (χ4n) is 0.241. The van der Waals surface area contributed by atoms with Crippen molar-refractivity contribution in [2.45, 2.75) is 19.4 Å². The van der Waals surface area contributed by atoms with E-state index in [-0.39, 0.29) is 18.5 Å². The van der Waals surface area contributed by atoms with Gasteiger partial charge in [0.25, 0.3) is 0 Å². The molecule has 0 saturated carbocycles. The number of hydrogen-bond donors (Lipinski definition) is 2. The summed E-state index contributed by atoms with van der Waals surface area (Å²) in [4.78, 5) is 0. The van der Waals surface area contributed by atoms with E-state index >= 15 is 0 Å². The second kappa shape index (κ2) is 6.21. The molecule has 0 saturated heterocycles. The molecule has 0 bridgehead atoms. The highest BCUT2D eigenvalue weighted by Crippen LogP contribution is 1.81. The molecule has 0 aromatic heterocycles. The highest BCUT2D eigenvalue weighted by molar-refractivity contribution is 5.85. The summed E-state index contributed by atoms with van der Waals surface area (Å²) in [5.41, 5.74) is 5.07. The van der Waals surface area contributed by atoms with Crippen molar-refractivity contribution in [1.29, 1.82) is 0 Å². The van der Waals surface area contributed by atoms with Crippen molar-refractivity contribution in [3.05, 3.63) is 0 Å². The van der Waals surface area contributed by atoms with Gasteiger partial charge in [-0.15, -0.1) is 12.4 Å². The minimum Gasteiger partial charge on any atom is -0.393 e. The van der Waals surface area contributed by atoms with E-state index in [0.29, 0.717) is 13.0 Å². The van der Waals surface area contributed by atoms with E-state index in [1.54, 1.807) is 6.92 Å². The first-order chi connectivity index (χ1) is 2.77. The van der Waals surface area contributed by atoms with Crippen LogP contribution < -0.4 is 5.73 Å². The molecule has 0 radical (unpaired) electrons. The van der Waals surface area contributed by atoms with Gasteiger partial charge < -0.3 is 10.8 Å². The van der Waals surface area contributed by atoms with Gasteiger partial charge in [-0.05, 0) is 19.9 Å².